The van der Waals surface area contributed by atoms with E-state index in [2.05, 4.69) is 0 Å². The van der Waals surface area contributed by atoms with Gasteiger partial charge in [-0.3, -0.25) is 9.59 Å². The summed E-state index contributed by atoms with van der Waals surface area (Å²) < 4.78 is 5.44. The van der Waals surface area contributed by atoms with Crippen molar-refractivity contribution in [1.29, 1.82) is 0 Å². The first-order valence-electron chi connectivity index (χ1n) is 8.24. The Hall–Kier alpha value is -2.66. The third-order valence-corrected chi connectivity index (χ3v) is 3.91. The first kappa shape index (κ1) is 18.7. The van der Waals surface area contributed by atoms with E-state index in [1.165, 1.54) is 7.11 Å². The summed E-state index contributed by atoms with van der Waals surface area (Å²) in [6, 6.07) is 19.0. The topological polar surface area (TPSA) is 66.8 Å². The van der Waals surface area contributed by atoms with Crippen LogP contribution < -0.4 is 0 Å². The van der Waals surface area contributed by atoms with Gasteiger partial charge in [-0.25, -0.2) is 0 Å². The molecule has 0 saturated carbocycles. The van der Waals surface area contributed by atoms with E-state index in [9.17, 15) is 9.59 Å². The number of hydrogen-bond donors (Lipinski definition) is 1. The summed E-state index contributed by atoms with van der Waals surface area (Å²) in [6.45, 7) is 0.790. The summed E-state index contributed by atoms with van der Waals surface area (Å²) in [5.74, 6) is -1.03. The van der Waals surface area contributed by atoms with E-state index in [-0.39, 0.29) is 12.3 Å². The minimum Gasteiger partial charge on any atom is -0.481 e. The van der Waals surface area contributed by atoms with Crippen molar-refractivity contribution in [3.8, 4) is 0 Å². The number of benzene rings is 2. The van der Waals surface area contributed by atoms with Gasteiger partial charge in [0.15, 0.2) is 6.10 Å². The second-order valence-corrected chi connectivity index (χ2v) is 5.77. The van der Waals surface area contributed by atoms with Gasteiger partial charge in [0.1, 0.15) is 0 Å². The van der Waals surface area contributed by atoms with Crippen LogP contribution in [-0.4, -0.2) is 35.5 Å². The second kappa shape index (κ2) is 9.59. The molecule has 0 radical (unpaired) electrons. The Kier molecular flexibility index (Phi) is 7.16. The molecule has 0 fully saturated rings. The summed E-state index contributed by atoms with van der Waals surface area (Å²) in [6.07, 6.45) is -0.268. The molecule has 0 aliphatic rings. The molecule has 1 amide bonds. The SMILES string of the molecule is COC(C(=O)N(CCCC(=O)O)Cc1ccccc1)c1ccccc1. The van der Waals surface area contributed by atoms with Crippen molar-refractivity contribution in [3.05, 3.63) is 71.8 Å². The van der Waals surface area contributed by atoms with Crippen molar-refractivity contribution in [1.82, 2.24) is 4.90 Å². The van der Waals surface area contributed by atoms with Crippen LogP contribution >= 0.6 is 0 Å². The Bertz CT molecular complexity index is 673. The van der Waals surface area contributed by atoms with Crippen LogP contribution in [-0.2, 0) is 20.9 Å². The van der Waals surface area contributed by atoms with Gasteiger partial charge in [-0.05, 0) is 17.5 Å². The summed E-state index contributed by atoms with van der Waals surface area (Å²) in [5, 5.41) is 8.86. The van der Waals surface area contributed by atoms with Crippen molar-refractivity contribution in [2.75, 3.05) is 13.7 Å². The van der Waals surface area contributed by atoms with Crippen molar-refractivity contribution in [2.45, 2.75) is 25.5 Å². The molecule has 5 nitrogen and oxygen atoms in total. The number of carboxylic acid groups (broad SMARTS) is 1. The first-order chi connectivity index (χ1) is 12.1. The molecule has 0 saturated heterocycles. The molecule has 0 aliphatic carbocycles. The minimum atomic E-state index is -0.863. The first-order valence-corrected chi connectivity index (χ1v) is 8.24. The highest BCUT2D eigenvalue weighted by Crippen LogP contribution is 2.21. The molecule has 5 heteroatoms. The molecule has 132 valence electrons. The van der Waals surface area contributed by atoms with Gasteiger partial charge in [0.05, 0.1) is 0 Å². The predicted octanol–water partition coefficient (Wildman–Crippen LogP) is 3.27. The smallest absolute Gasteiger partial charge is 0.303 e. The Labute approximate surface area is 147 Å². The lowest BCUT2D eigenvalue weighted by molar-refractivity contribution is -0.144. The summed E-state index contributed by atoms with van der Waals surface area (Å²) in [4.78, 5) is 25.5. The predicted molar refractivity (Wildman–Crippen MR) is 94.9 cm³/mol. The van der Waals surface area contributed by atoms with Gasteiger partial charge < -0.3 is 14.7 Å². The third-order valence-electron chi connectivity index (χ3n) is 3.91. The van der Waals surface area contributed by atoms with Crippen LogP contribution in [0.4, 0.5) is 0 Å². The molecule has 0 bridgehead atoms. The van der Waals surface area contributed by atoms with Gasteiger partial charge in [0.2, 0.25) is 0 Å². The number of ether oxygens (including phenoxy) is 1. The molecule has 2 rings (SSSR count). The highest BCUT2D eigenvalue weighted by atomic mass is 16.5. The maximum Gasteiger partial charge on any atom is 0.303 e. The molecule has 0 aliphatic heterocycles. The van der Waals surface area contributed by atoms with Crippen molar-refractivity contribution in [2.24, 2.45) is 0 Å². The monoisotopic (exact) mass is 341 g/mol. The van der Waals surface area contributed by atoms with Crippen LogP contribution in [0, 0.1) is 0 Å². The molecule has 1 unspecified atom stereocenters. The van der Waals surface area contributed by atoms with Crippen molar-refractivity contribution >= 4 is 11.9 Å². The fourth-order valence-corrected chi connectivity index (χ4v) is 2.67. The number of hydrogen-bond acceptors (Lipinski definition) is 3. The number of nitrogens with zero attached hydrogens (tertiary/aromatic N) is 1. The number of carboxylic acids is 1. The lowest BCUT2D eigenvalue weighted by Crippen LogP contribution is -2.36. The standard InChI is InChI=1S/C20H23NO4/c1-25-19(17-11-6-3-7-12-17)20(24)21(14-8-13-18(22)23)15-16-9-4-2-5-10-16/h2-7,9-12,19H,8,13-15H2,1H3,(H,22,23). The number of amides is 1. The highest BCUT2D eigenvalue weighted by molar-refractivity contribution is 5.82. The van der Waals surface area contributed by atoms with Crippen LogP contribution in [0.2, 0.25) is 0 Å². The number of carbonyl (C=O) groups is 2. The largest absolute Gasteiger partial charge is 0.481 e. The molecule has 25 heavy (non-hydrogen) atoms. The molecule has 1 atom stereocenters. The zero-order chi connectivity index (χ0) is 18.1. The number of rotatable bonds is 9. The quantitative estimate of drug-likeness (QED) is 0.760. The van der Waals surface area contributed by atoms with E-state index >= 15 is 0 Å². The van der Waals surface area contributed by atoms with Gasteiger partial charge in [-0.15, -0.1) is 0 Å². The lowest BCUT2D eigenvalue weighted by Gasteiger charge is -2.27. The van der Waals surface area contributed by atoms with Gasteiger partial charge in [-0.2, -0.15) is 0 Å². The van der Waals surface area contributed by atoms with Gasteiger partial charge >= 0.3 is 5.97 Å². The maximum absolute atomic E-state index is 13.0. The van der Waals surface area contributed by atoms with E-state index in [0.717, 1.165) is 11.1 Å². The lowest BCUT2D eigenvalue weighted by atomic mass is 10.1. The highest BCUT2D eigenvalue weighted by Gasteiger charge is 2.25. The third kappa shape index (κ3) is 5.72. The Balaban J connectivity index is 2.16. The van der Waals surface area contributed by atoms with Crippen LogP contribution in [0.5, 0.6) is 0 Å². The van der Waals surface area contributed by atoms with E-state index in [4.69, 9.17) is 9.84 Å². The normalized spacial score (nSPS) is 11.7. The average Bonchev–Trinajstić information content (AvgIpc) is 2.63. The summed E-state index contributed by atoms with van der Waals surface area (Å²) in [5.41, 5.74) is 1.78. The van der Waals surface area contributed by atoms with Crippen LogP contribution in [0.15, 0.2) is 60.7 Å². The molecule has 0 spiro atoms. The number of aliphatic carboxylic acids is 1. The zero-order valence-electron chi connectivity index (χ0n) is 14.3. The van der Waals surface area contributed by atoms with Crippen LogP contribution in [0.1, 0.15) is 30.1 Å². The maximum atomic E-state index is 13.0. The van der Waals surface area contributed by atoms with E-state index in [1.807, 2.05) is 60.7 Å². The number of carbonyl (C=O) groups excluding carboxylic acids is 1. The van der Waals surface area contributed by atoms with Crippen LogP contribution in [0.25, 0.3) is 0 Å². The van der Waals surface area contributed by atoms with Gasteiger partial charge in [0.25, 0.3) is 5.91 Å². The fourth-order valence-electron chi connectivity index (χ4n) is 2.67. The minimum absolute atomic E-state index is 0.0293. The van der Waals surface area contributed by atoms with E-state index in [0.29, 0.717) is 19.5 Å². The van der Waals surface area contributed by atoms with Crippen molar-refractivity contribution < 1.29 is 19.4 Å². The molecule has 0 aromatic heterocycles. The van der Waals surface area contributed by atoms with Crippen molar-refractivity contribution in [3.63, 3.8) is 0 Å². The molecule has 1 N–H and O–H groups in total. The fraction of sp³-hybridized carbons (Fsp3) is 0.300. The average molecular weight is 341 g/mol. The Morgan fingerprint density at radius 1 is 1.04 bits per heavy atom. The Morgan fingerprint density at radius 2 is 1.64 bits per heavy atom. The van der Waals surface area contributed by atoms with Gasteiger partial charge in [0, 0.05) is 26.6 Å². The summed E-state index contributed by atoms with van der Waals surface area (Å²) in [7, 11) is 1.51. The molecular weight excluding hydrogens is 318 g/mol. The summed E-state index contributed by atoms with van der Waals surface area (Å²) >= 11 is 0. The molecule has 0 heterocycles. The Morgan fingerprint density at radius 3 is 2.20 bits per heavy atom. The zero-order valence-corrected chi connectivity index (χ0v) is 14.3. The van der Waals surface area contributed by atoms with Gasteiger partial charge in [-0.1, -0.05) is 60.7 Å². The van der Waals surface area contributed by atoms with Crippen LogP contribution in [0.3, 0.4) is 0 Å². The number of methoxy groups -OCH3 is 1. The second-order valence-electron chi connectivity index (χ2n) is 5.77. The molecule has 2 aromatic rings. The van der Waals surface area contributed by atoms with E-state index < -0.39 is 12.1 Å². The molecule has 2 aromatic carbocycles. The van der Waals surface area contributed by atoms with E-state index in [1.54, 1.807) is 4.90 Å². The molecular formula is C20H23NO4.